The number of nitrogens with zero attached hydrogens (tertiary/aromatic N) is 4. The Hall–Kier alpha value is -4.58. The molecule has 0 radical (unpaired) electrons. The number of rotatable bonds is 6. The lowest BCUT2D eigenvalue weighted by atomic mass is 9.99. The van der Waals surface area contributed by atoms with Crippen molar-refractivity contribution in [3.8, 4) is 5.69 Å². The second-order valence-electron chi connectivity index (χ2n) is 8.98. The van der Waals surface area contributed by atoms with Crippen molar-refractivity contribution in [2.75, 3.05) is 11.1 Å². The second kappa shape index (κ2) is 9.95. The molecular weight excluding hydrogens is 529 g/mol. The molecule has 0 saturated carbocycles. The van der Waals surface area contributed by atoms with Crippen LogP contribution in [0.3, 0.4) is 0 Å². The number of imidazole rings is 1. The number of benzene rings is 2. The third kappa shape index (κ3) is 5.36. The van der Waals surface area contributed by atoms with E-state index in [2.05, 4.69) is 20.3 Å². The van der Waals surface area contributed by atoms with Crippen molar-refractivity contribution in [3.63, 3.8) is 0 Å². The Bertz CT molecular complexity index is 1740. The van der Waals surface area contributed by atoms with Crippen LogP contribution in [0.25, 0.3) is 15.9 Å². The van der Waals surface area contributed by atoms with Gasteiger partial charge in [0.15, 0.2) is 5.78 Å². The van der Waals surface area contributed by atoms with E-state index in [0.29, 0.717) is 32.7 Å². The first-order valence-electron chi connectivity index (χ1n) is 11.6. The SMILES string of the molecule is Cc1cn(-c2cc(CC(=O)c3ccc(C)c(NC(=O)c4csc5c(N)ncnc45)c3)cc(C(F)(F)F)c2)cn1. The van der Waals surface area contributed by atoms with E-state index in [4.69, 9.17) is 5.73 Å². The molecule has 0 unspecified atom stereocenters. The molecule has 0 spiro atoms. The van der Waals surface area contributed by atoms with Gasteiger partial charge in [-0.1, -0.05) is 12.1 Å². The molecule has 12 heteroatoms. The number of aryl methyl sites for hydroxylation is 2. The van der Waals surface area contributed by atoms with E-state index in [-0.39, 0.29) is 29.1 Å². The molecule has 0 fully saturated rings. The highest BCUT2D eigenvalue weighted by Gasteiger charge is 2.31. The third-order valence-corrected chi connectivity index (χ3v) is 7.10. The van der Waals surface area contributed by atoms with Gasteiger partial charge in [-0.15, -0.1) is 11.3 Å². The van der Waals surface area contributed by atoms with Crippen molar-refractivity contribution in [2.45, 2.75) is 26.4 Å². The number of nitrogens with two attached hydrogens (primary N) is 1. The molecule has 5 rings (SSSR count). The van der Waals surface area contributed by atoms with Gasteiger partial charge in [0, 0.05) is 34.9 Å². The Labute approximate surface area is 224 Å². The highest BCUT2D eigenvalue weighted by atomic mass is 32.1. The van der Waals surface area contributed by atoms with Gasteiger partial charge in [-0.05, 0) is 49.2 Å². The summed E-state index contributed by atoms with van der Waals surface area (Å²) in [5, 5.41) is 4.43. The lowest BCUT2D eigenvalue weighted by molar-refractivity contribution is -0.137. The molecule has 8 nitrogen and oxygen atoms in total. The van der Waals surface area contributed by atoms with E-state index in [1.807, 2.05) is 0 Å². The molecule has 3 N–H and O–H groups in total. The van der Waals surface area contributed by atoms with E-state index in [1.165, 1.54) is 40.7 Å². The van der Waals surface area contributed by atoms with Gasteiger partial charge in [-0.2, -0.15) is 13.2 Å². The van der Waals surface area contributed by atoms with Crippen LogP contribution in [0.4, 0.5) is 24.7 Å². The summed E-state index contributed by atoms with van der Waals surface area (Å²) >= 11 is 1.25. The molecule has 0 aliphatic heterocycles. The fourth-order valence-electron chi connectivity index (χ4n) is 4.09. The summed E-state index contributed by atoms with van der Waals surface area (Å²) in [6.07, 6.45) is -0.563. The number of nitrogens with one attached hydrogen (secondary N) is 1. The topological polar surface area (TPSA) is 116 Å². The number of halogens is 3. The number of anilines is 2. The Kier molecular flexibility index (Phi) is 6.64. The summed E-state index contributed by atoms with van der Waals surface area (Å²) in [4.78, 5) is 38.4. The first kappa shape index (κ1) is 26.0. The molecule has 39 heavy (non-hydrogen) atoms. The highest BCUT2D eigenvalue weighted by Crippen LogP contribution is 2.32. The van der Waals surface area contributed by atoms with E-state index in [9.17, 15) is 22.8 Å². The minimum atomic E-state index is -4.59. The number of carbonyl (C=O) groups is 2. The first-order valence-corrected chi connectivity index (χ1v) is 12.5. The Morgan fingerprint density at radius 2 is 1.87 bits per heavy atom. The second-order valence-corrected chi connectivity index (χ2v) is 9.86. The zero-order chi connectivity index (χ0) is 27.9. The van der Waals surface area contributed by atoms with Crippen LogP contribution < -0.4 is 11.1 Å². The molecule has 2 aromatic carbocycles. The summed E-state index contributed by atoms with van der Waals surface area (Å²) < 4.78 is 42.9. The van der Waals surface area contributed by atoms with Gasteiger partial charge >= 0.3 is 6.18 Å². The van der Waals surface area contributed by atoms with Crippen molar-refractivity contribution in [2.24, 2.45) is 0 Å². The fourth-order valence-corrected chi connectivity index (χ4v) is 4.99. The van der Waals surface area contributed by atoms with Gasteiger partial charge in [-0.3, -0.25) is 9.59 Å². The van der Waals surface area contributed by atoms with E-state index < -0.39 is 23.4 Å². The number of aromatic nitrogens is 4. The average molecular weight is 551 g/mol. The molecule has 3 aromatic heterocycles. The van der Waals surface area contributed by atoms with Crippen LogP contribution in [-0.4, -0.2) is 31.2 Å². The number of ketones is 1. The van der Waals surface area contributed by atoms with Crippen LogP contribution in [-0.2, 0) is 12.6 Å². The molecule has 0 aliphatic rings. The summed E-state index contributed by atoms with van der Waals surface area (Å²) in [6.45, 7) is 3.49. The summed E-state index contributed by atoms with van der Waals surface area (Å²) in [7, 11) is 0. The molecular formula is C27H21F3N6O2S. The maximum atomic E-state index is 13.6. The lowest BCUT2D eigenvalue weighted by Gasteiger charge is -2.13. The van der Waals surface area contributed by atoms with Gasteiger partial charge in [0.1, 0.15) is 12.1 Å². The number of amides is 1. The van der Waals surface area contributed by atoms with Crippen molar-refractivity contribution < 1.29 is 22.8 Å². The van der Waals surface area contributed by atoms with Crippen molar-refractivity contribution in [1.29, 1.82) is 0 Å². The third-order valence-electron chi connectivity index (χ3n) is 6.11. The quantitative estimate of drug-likeness (QED) is 0.259. The van der Waals surface area contributed by atoms with Crippen molar-refractivity contribution >= 4 is 44.7 Å². The number of thiophene rings is 1. The lowest BCUT2D eigenvalue weighted by Crippen LogP contribution is -2.14. The van der Waals surface area contributed by atoms with Crippen LogP contribution in [0.1, 0.15) is 43.1 Å². The molecule has 0 saturated heterocycles. The smallest absolute Gasteiger partial charge is 0.382 e. The number of hydrogen-bond donors (Lipinski definition) is 2. The molecule has 198 valence electrons. The molecule has 1 amide bonds. The summed E-state index contributed by atoms with van der Waals surface area (Å²) in [6, 6.07) is 8.27. The predicted octanol–water partition coefficient (Wildman–Crippen LogP) is 5.77. The zero-order valence-electron chi connectivity index (χ0n) is 20.7. The normalized spacial score (nSPS) is 11.6. The Morgan fingerprint density at radius 1 is 1.08 bits per heavy atom. The summed E-state index contributed by atoms with van der Waals surface area (Å²) in [5.74, 6) is -0.571. The first-order chi connectivity index (χ1) is 18.5. The molecule has 5 aromatic rings. The number of Topliss-reactive ketones (excluding diaryl/α,β-unsaturated/α-hetero) is 1. The molecule has 3 heterocycles. The monoisotopic (exact) mass is 550 g/mol. The maximum absolute atomic E-state index is 13.6. The number of fused-ring (bicyclic) bond motifs is 1. The molecule has 0 atom stereocenters. The van der Waals surface area contributed by atoms with E-state index >= 15 is 0 Å². The predicted molar refractivity (Wildman–Crippen MR) is 142 cm³/mol. The van der Waals surface area contributed by atoms with Gasteiger partial charge in [-0.25, -0.2) is 15.0 Å². The Morgan fingerprint density at radius 3 is 2.59 bits per heavy atom. The van der Waals surface area contributed by atoms with E-state index in [0.717, 1.165) is 12.1 Å². The van der Waals surface area contributed by atoms with Crippen LogP contribution in [0.5, 0.6) is 0 Å². The van der Waals surface area contributed by atoms with E-state index in [1.54, 1.807) is 37.6 Å². The molecule has 0 bridgehead atoms. The van der Waals surface area contributed by atoms with Crippen molar-refractivity contribution in [3.05, 3.63) is 94.1 Å². The largest absolute Gasteiger partial charge is 0.416 e. The van der Waals surface area contributed by atoms with Gasteiger partial charge in [0.25, 0.3) is 5.91 Å². The van der Waals surface area contributed by atoms with Crippen LogP contribution in [0.15, 0.2) is 60.6 Å². The number of alkyl halides is 3. The number of nitrogen functional groups attached to an aromatic ring is 1. The maximum Gasteiger partial charge on any atom is 0.416 e. The number of carbonyl (C=O) groups excluding carboxylic acids is 2. The standard InChI is InChI=1S/C27H21F3N6O2S/c1-14-3-4-17(8-21(14)35-26(38)20-11-39-24-23(20)32-12-33-25(24)31)22(37)7-16-5-18(27(28,29)30)9-19(6-16)36-10-15(2)34-13-36/h3-6,8-13H,7H2,1-2H3,(H,35,38)(H2,31,32,33). The summed E-state index contributed by atoms with van der Waals surface area (Å²) in [5.41, 5.74) is 8.16. The average Bonchev–Trinajstić information content (AvgIpc) is 3.52. The van der Waals surface area contributed by atoms with Gasteiger partial charge < -0.3 is 15.6 Å². The van der Waals surface area contributed by atoms with Crippen LogP contribution in [0.2, 0.25) is 0 Å². The zero-order valence-corrected chi connectivity index (χ0v) is 21.5. The van der Waals surface area contributed by atoms with Crippen LogP contribution in [0, 0.1) is 13.8 Å². The van der Waals surface area contributed by atoms with Crippen molar-refractivity contribution in [1.82, 2.24) is 19.5 Å². The van der Waals surface area contributed by atoms with Gasteiger partial charge in [0.05, 0.1) is 33.4 Å². The minimum absolute atomic E-state index is 0.198. The number of hydrogen-bond acceptors (Lipinski definition) is 7. The van der Waals surface area contributed by atoms with Gasteiger partial charge in [0.2, 0.25) is 0 Å². The highest BCUT2D eigenvalue weighted by molar-refractivity contribution is 7.18. The Balaban J connectivity index is 1.41. The molecule has 0 aliphatic carbocycles. The fraction of sp³-hybridized carbons (Fsp3) is 0.148. The van der Waals surface area contributed by atoms with Crippen LogP contribution >= 0.6 is 11.3 Å². The minimum Gasteiger partial charge on any atom is -0.382 e.